The van der Waals surface area contributed by atoms with Crippen molar-refractivity contribution in [2.75, 3.05) is 16.8 Å². The minimum absolute atomic E-state index is 0.00520. The van der Waals surface area contributed by atoms with Gasteiger partial charge >= 0.3 is 0 Å². The minimum Gasteiger partial charge on any atom is -0.484 e. The molecule has 214 valence electrons. The molecule has 5 aromatic rings. The van der Waals surface area contributed by atoms with Gasteiger partial charge in [0.25, 0.3) is 11.6 Å². The molecule has 1 amide bonds. The molecule has 6 rings (SSSR count). The van der Waals surface area contributed by atoms with Crippen LogP contribution in [-0.2, 0) is 4.79 Å². The molecule has 11 heteroatoms. The van der Waals surface area contributed by atoms with Gasteiger partial charge in [0, 0.05) is 35.3 Å². The lowest BCUT2D eigenvalue weighted by molar-refractivity contribution is -0.384. The third-order valence-corrected chi connectivity index (χ3v) is 7.24. The van der Waals surface area contributed by atoms with Crippen LogP contribution in [0.5, 0.6) is 5.75 Å². The highest BCUT2D eigenvalue weighted by molar-refractivity contribution is 7.80. The van der Waals surface area contributed by atoms with Gasteiger partial charge in [0.15, 0.2) is 11.7 Å². The fraction of sp³-hybridized carbons (Fsp3) is 0.0938. The third-order valence-electron chi connectivity index (χ3n) is 6.92. The van der Waals surface area contributed by atoms with Crippen LogP contribution in [0.25, 0.3) is 11.3 Å². The molecule has 2 atom stereocenters. The third kappa shape index (κ3) is 6.07. The molecule has 1 fully saturated rings. The number of carbonyl (C=O) groups is 1. The van der Waals surface area contributed by atoms with Crippen molar-refractivity contribution < 1.29 is 18.9 Å². The number of non-ortho nitro benzene ring substituents is 1. The predicted octanol–water partition coefficient (Wildman–Crippen LogP) is 6.44. The smallest absolute Gasteiger partial charge is 0.269 e. The lowest BCUT2D eigenvalue weighted by Gasteiger charge is -2.26. The zero-order valence-corrected chi connectivity index (χ0v) is 23.4. The van der Waals surface area contributed by atoms with Crippen LogP contribution in [0.15, 0.2) is 120 Å². The molecule has 2 N–H and O–H groups in total. The highest BCUT2D eigenvalue weighted by Crippen LogP contribution is 2.43. The number of rotatable bonds is 9. The molecule has 1 aliphatic rings. The van der Waals surface area contributed by atoms with Crippen molar-refractivity contribution in [2.24, 2.45) is 0 Å². The first-order chi connectivity index (χ1) is 21.0. The first-order valence-corrected chi connectivity index (χ1v) is 13.8. The molecule has 1 aliphatic heterocycles. The second-order valence-corrected chi connectivity index (χ2v) is 10.1. The van der Waals surface area contributed by atoms with Gasteiger partial charge in [0.1, 0.15) is 23.3 Å². The van der Waals surface area contributed by atoms with Gasteiger partial charge < -0.3 is 24.7 Å². The standard InChI is InChI=1S/C32H25N5O5S/c38-29(20-41-25-6-2-1-3-7-25)34-22-11-15-23(16-12-22)36-31(30(35-32(36)43)26-8-4-5-19-33-26)28-18-17-27(42-28)21-9-13-24(14-10-21)37(39)40/h1-19,30-31H,20H2,(H,34,38)(H,35,43)/t30-,31-/m1/s1. The number of nitro groups is 1. The van der Waals surface area contributed by atoms with Crippen molar-refractivity contribution in [1.82, 2.24) is 10.3 Å². The van der Waals surface area contributed by atoms with E-state index in [1.165, 1.54) is 12.1 Å². The summed E-state index contributed by atoms with van der Waals surface area (Å²) >= 11 is 5.79. The first kappa shape index (κ1) is 27.6. The first-order valence-electron chi connectivity index (χ1n) is 13.4. The molecule has 43 heavy (non-hydrogen) atoms. The Morgan fingerprint density at radius 2 is 1.72 bits per heavy atom. The fourth-order valence-electron chi connectivity index (χ4n) is 4.90. The molecule has 0 spiro atoms. The number of aromatic nitrogens is 1. The van der Waals surface area contributed by atoms with Gasteiger partial charge in [-0.25, -0.2) is 0 Å². The Kier molecular flexibility index (Phi) is 7.79. The summed E-state index contributed by atoms with van der Waals surface area (Å²) in [5, 5.41) is 17.8. The number of anilines is 2. The molecule has 1 saturated heterocycles. The number of nitrogens with one attached hydrogen (secondary N) is 2. The monoisotopic (exact) mass is 591 g/mol. The molecule has 0 radical (unpaired) electrons. The van der Waals surface area contributed by atoms with E-state index in [9.17, 15) is 14.9 Å². The van der Waals surface area contributed by atoms with Crippen molar-refractivity contribution in [3.63, 3.8) is 0 Å². The molecule has 0 unspecified atom stereocenters. The lowest BCUT2D eigenvalue weighted by Crippen LogP contribution is -2.29. The Labute approximate surface area is 252 Å². The number of ether oxygens (including phenoxy) is 1. The number of benzene rings is 3. The van der Waals surface area contributed by atoms with E-state index < -0.39 is 11.0 Å². The van der Waals surface area contributed by atoms with Crippen LogP contribution < -0.4 is 20.3 Å². The molecule has 0 aliphatic carbocycles. The van der Waals surface area contributed by atoms with E-state index >= 15 is 0 Å². The zero-order valence-electron chi connectivity index (χ0n) is 22.6. The average Bonchev–Trinajstić information content (AvgIpc) is 3.66. The van der Waals surface area contributed by atoms with Crippen LogP contribution in [0.3, 0.4) is 0 Å². The number of thiocarbonyl (C=S) groups is 1. The second-order valence-electron chi connectivity index (χ2n) is 9.70. The van der Waals surface area contributed by atoms with E-state index in [2.05, 4.69) is 15.6 Å². The van der Waals surface area contributed by atoms with Gasteiger partial charge in [-0.15, -0.1) is 0 Å². The number of hydrogen-bond donors (Lipinski definition) is 2. The second kappa shape index (κ2) is 12.1. The van der Waals surface area contributed by atoms with Crippen LogP contribution in [0.4, 0.5) is 17.1 Å². The highest BCUT2D eigenvalue weighted by Gasteiger charge is 2.42. The van der Waals surface area contributed by atoms with E-state index in [4.69, 9.17) is 21.4 Å². The van der Waals surface area contributed by atoms with Crippen molar-refractivity contribution in [3.05, 3.63) is 137 Å². The fourth-order valence-corrected chi connectivity index (χ4v) is 5.25. The normalized spacial score (nSPS) is 16.0. The number of carbonyl (C=O) groups excluding carboxylic acids is 1. The maximum atomic E-state index is 12.5. The summed E-state index contributed by atoms with van der Waals surface area (Å²) < 4.78 is 11.9. The van der Waals surface area contributed by atoms with Crippen LogP contribution in [0.1, 0.15) is 23.5 Å². The molecule has 10 nitrogen and oxygen atoms in total. The Morgan fingerprint density at radius 1 is 0.977 bits per heavy atom. The summed E-state index contributed by atoms with van der Waals surface area (Å²) in [5.41, 5.74) is 2.90. The number of hydrogen-bond acceptors (Lipinski definition) is 7. The van der Waals surface area contributed by atoms with Crippen LogP contribution in [0, 0.1) is 10.1 Å². The lowest BCUT2D eigenvalue weighted by atomic mass is 10.0. The topological polar surface area (TPSA) is 123 Å². The Hall–Kier alpha value is -5.55. The molecular formula is C32H25N5O5S. The molecule has 0 bridgehead atoms. The summed E-state index contributed by atoms with van der Waals surface area (Å²) in [6.45, 7) is -0.116. The summed E-state index contributed by atoms with van der Waals surface area (Å²) in [4.78, 5) is 29.6. The molecular weight excluding hydrogens is 566 g/mol. The van der Waals surface area contributed by atoms with Crippen molar-refractivity contribution >= 4 is 40.3 Å². The number of para-hydroxylation sites is 1. The van der Waals surface area contributed by atoms with E-state index in [0.717, 1.165) is 11.4 Å². The maximum Gasteiger partial charge on any atom is 0.269 e. The molecule has 3 heterocycles. The van der Waals surface area contributed by atoms with Gasteiger partial charge in [-0.1, -0.05) is 24.3 Å². The van der Waals surface area contributed by atoms with Crippen LogP contribution in [0.2, 0.25) is 0 Å². The van der Waals surface area contributed by atoms with E-state index in [1.54, 1.807) is 42.6 Å². The van der Waals surface area contributed by atoms with E-state index in [1.807, 2.05) is 65.6 Å². The molecule has 0 saturated carbocycles. The van der Waals surface area contributed by atoms with Crippen molar-refractivity contribution in [1.29, 1.82) is 0 Å². The summed E-state index contributed by atoms with van der Waals surface area (Å²) in [5.74, 6) is 1.54. The van der Waals surface area contributed by atoms with Gasteiger partial charge in [-0.3, -0.25) is 19.9 Å². The average molecular weight is 592 g/mol. The number of nitro benzene ring substituents is 1. The summed E-state index contributed by atoms with van der Waals surface area (Å²) in [6.07, 6.45) is 1.73. The Morgan fingerprint density at radius 3 is 2.42 bits per heavy atom. The maximum absolute atomic E-state index is 12.5. The van der Waals surface area contributed by atoms with Gasteiger partial charge in [0.05, 0.1) is 16.7 Å². The predicted molar refractivity (Wildman–Crippen MR) is 166 cm³/mol. The SMILES string of the molecule is O=C(COc1ccccc1)Nc1ccc(N2C(=S)N[C@H](c3ccccn3)[C@H]2c2ccc(-c3ccc([N+](=O)[O-])cc3)o2)cc1. The van der Waals surface area contributed by atoms with E-state index in [0.29, 0.717) is 33.6 Å². The summed E-state index contributed by atoms with van der Waals surface area (Å²) in [7, 11) is 0. The van der Waals surface area contributed by atoms with Gasteiger partial charge in [-0.2, -0.15) is 0 Å². The number of nitrogens with zero attached hydrogens (tertiary/aromatic N) is 3. The quantitative estimate of drug-likeness (QED) is 0.113. The summed E-state index contributed by atoms with van der Waals surface area (Å²) in [6, 6.07) is 31.4. The number of furan rings is 1. The van der Waals surface area contributed by atoms with Crippen LogP contribution >= 0.6 is 12.2 Å². The van der Waals surface area contributed by atoms with Gasteiger partial charge in [-0.05, 0) is 85.0 Å². The Balaban J connectivity index is 1.25. The zero-order chi connectivity index (χ0) is 29.8. The molecule has 2 aromatic heterocycles. The number of amides is 1. The largest absolute Gasteiger partial charge is 0.484 e. The molecule has 3 aromatic carbocycles. The van der Waals surface area contributed by atoms with E-state index in [-0.39, 0.29) is 24.2 Å². The van der Waals surface area contributed by atoms with Gasteiger partial charge in [0.2, 0.25) is 0 Å². The van der Waals surface area contributed by atoms with Crippen molar-refractivity contribution in [2.45, 2.75) is 12.1 Å². The van der Waals surface area contributed by atoms with Crippen molar-refractivity contribution in [3.8, 4) is 17.1 Å². The highest BCUT2D eigenvalue weighted by atomic mass is 32.1. The van der Waals surface area contributed by atoms with Crippen LogP contribution in [-0.4, -0.2) is 27.5 Å². The minimum atomic E-state index is -0.437. The Bertz CT molecular complexity index is 1740. The number of pyridine rings is 1.